The first kappa shape index (κ1) is 16.3. The lowest BCUT2D eigenvalue weighted by Crippen LogP contribution is -2.00. The molecule has 0 atom stereocenters. The normalized spacial score (nSPS) is 10.5. The van der Waals surface area contributed by atoms with Crippen LogP contribution in [0.5, 0.6) is 11.5 Å². The summed E-state index contributed by atoms with van der Waals surface area (Å²) in [6.07, 6.45) is 0. The molecule has 14 nitrogen and oxygen atoms in total. The van der Waals surface area contributed by atoms with Gasteiger partial charge in [-0.25, -0.2) is 0 Å². The van der Waals surface area contributed by atoms with Gasteiger partial charge in [-0.05, 0) is 0 Å². The molecule has 124 valence electrons. The first-order valence-corrected chi connectivity index (χ1v) is 5.71. The van der Waals surface area contributed by atoms with Crippen molar-refractivity contribution < 1.29 is 29.9 Å². The molecule has 2 aromatic rings. The molecule has 0 unspecified atom stereocenters. The molecule has 0 aromatic heterocycles. The predicted molar refractivity (Wildman–Crippen MR) is 73.9 cm³/mol. The number of fused-ring (bicyclic) bond motifs is 1. The van der Waals surface area contributed by atoms with Crippen molar-refractivity contribution in [2.45, 2.75) is 0 Å². The van der Waals surface area contributed by atoms with E-state index in [-0.39, 0.29) is 12.1 Å². The minimum absolute atomic E-state index is 0.241. The molecule has 2 aromatic carbocycles. The Morgan fingerprint density at radius 3 is 1.04 bits per heavy atom. The number of benzene rings is 2. The summed E-state index contributed by atoms with van der Waals surface area (Å²) >= 11 is 0. The highest BCUT2D eigenvalue weighted by Crippen LogP contribution is 2.50. The van der Waals surface area contributed by atoms with Gasteiger partial charge in [-0.3, -0.25) is 40.5 Å². The second-order valence-electron chi connectivity index (χ2n) is 4.31. The Balaban J connectivity index is 3.25. The van der Waals surface area contributed by atoms with Crippen LogP contribution in [0.25, 0.3) is 10.8 Å². The average molecular weight is 340 g/mol. The van der Waals surface area contributed by atoms with Crippen LogP contribution in [-0.2, 0) is 0 Å². The fourth-order valence-electron chi connectivity index (χ4n) is 2.10. The van der Waals surface area contributed by atoms with Crippen LogP contribution < -0.4 is 0 Å². The van der Waals surface area contributed by atoms with Gasteiger partial charge in [0.25, 0.3) is 11.4 Å². The van der Waals surface area contributed by atoms with Gasteiger partial charge in [0.15, 0.2) is 0 Å². The van der Waals surface area contributed by atoms with Crippen molar-refractivity contribution in [3.05, 3.63) is 52.6 Å². The minimum atomic E-state index is -1.34. The molecular weight excluding hydrogens is 336 g/mol. The summed E-state index contributed by atoms with van der Waals surface area (Å²) in [5, 5.41) is 61.5. The molecule has 0 saturated heterocycles. The molecule has 0 saturated carbocycles. The number of hydrogen-bond acceptors (Lipinski definition) is 10. The Bertz CT molecular complexity index is 876. The van der Waals surface area contributed by atoms with Gasteiger partial charge in [-0.2, -0.15) is 0 Å². The fourth-order valence-corrected chi connectivity index (χ4v) is 2.10. The van der Waals surface area contributed by atoms with E-state index in [1.807, 2.05) is 0 Å². The summed E-state index contributed by atoms with van der Waals surface area (Å²) in [6, 6.07) is 0.482. The number of phenols is 2. The lowest BCUT2D eigenvalue weighted by molar-refractivity contribution is -0.396. The number of phenolic OH excluding ortho intramolecular Hbond substituents is 2. The van der Waals surface area contributed by atoms with E-state index in [9.17, 15) is 50.7 Å². The molecule has 2 N–H and O–H groups in total. The second-order valence-corrected chi connectivity index (χ2v) is 4.31. The first-order chi connectivity index (χ1) is 11.1. The standard InChI is InChI=1S/C10H4N4O10/c15-9-5(13(21)22)1-3(11(17)18)7-8(9)4(12(19)20)2-6(10(7)16)14(23)24/h1-2,15-16H. The van der Waals surface area contributed by atoms with Gasteiger partial charge in [0.1, 0.15) is 10.8 Å². The molecule has 24 heavy (non-hydrogen) atoms. The Hall–Kier alpha value is -4.10. The van der Waals surface area contributed by atoms with Gasteiger partial charge in [0.05, 0.1) is 31.8 Å². The van der Waals surface area contributed by atoms with Crippen LogP contribution in [0.4, 0.5) is 22.7 Å². The predicted octanol–water partition coefficient (Wildman–Crippen LogP) is 1.88. The third-order valence-corrected chi connectivity index (χ3v) is 3.05. The van der Waals surface area contributed by atoms with E-state index in [0.717, 1.165) is 0 Å². The van der Waals surface area contributed by atoms with E-state index >= 15 is 0 Å². The lowest BCUT2D eigenvalue weighted by atomic mass is 10.0. The quantitative estimate of drug-likeness (QED) is 0.608. The molecule has 0 amide bonds. The van der Waals surface area contributed by atoms with Gasteiger partial charge < -0.3 is 10.2 Å². The van der Waals surface area contributed by atoms with Gasteiger partial charge in [0, 0.05) is 0 Å². The second kappa shape index (κ2) is 5.27. The van der Waals surface area contributed by atoms with E-state index < -0.39 is 64.7 Å². The zero-order chi connectivity index (χ0) is 18.3. The molecule has 0 aliphatic heterocycles. The van der Waals surface area contributed by atoms with Crippen molar-refractivity contribution in [2.75, 3.05) is 0 Å². The maximum absolute atomic E-state index is 11.1. The summed E-state index contributed by atoms with van der Waals surface area (Å²) in [7, 11) is 0. The highest BCUT2D eigenvalue weighted by molar-refractivity contribution is 6.09. The Kier molecular flexibility index (Phi) is 3.57. The van der Waals surface area contributed by atoms with Crippen molar-refractivity contribution in [3.63, 3.8) is 0 Å². The number of nitrogens with zero attached hydrogens (tertiary/aromatic N) is 4. The number of hydrogen-bond donors (Lipinski definition) is 2. The van der Waals surface area contributed by atoms with E-state index in [1.54, 1.807) is 0 Å². The molecule has 0 fully saturated rings. The number of non-ortho nitro benzene ring substituents is 2. The molecular formula is C10H4N4O10. The van der Waals surface area contributed by atoms with Crippen molar-refractivity contribution in [1.82, 2.24) is 0 Å². The van der Waals surface area contributed by atoms with Crippen molar-refractivity contribution in [1.29, 1.82) is 0 Å². The third-order valence-electron chi connectivity index (χ3n) is 3.05. The highest BCUT2D eigenvalue weighted by Gasteiger charge is 2.36. The molecule has 2 rings (SSSR count). The van der Waals surface area contributed by atoms with E-state index in [1.165, 1.54) is 0 Å². The zero-order valence-electron chi connectivity index (χ0n) is 11.1. The average Bonchev–Trinajstić information content (AvgIpc) is 2.46. The number of aromatic hydroxyl groups is 2. The van der Waals surface area contributed by atoms with Crippen LogP contribution in [0.1, 0.15) is 0 Å². The van der Waals surface area contributed by atoms with E-state index in [0.29, 0.717) is 0 Å². The SMILES string of the molecule is O=[N+]([O-])c1cc([N+](=O)[O-])c2c(O)c([N+](=O)[O-])cc([N+](=O)[O-])c2c1O. The summed E-state index contributed by atoms with van der Waals surface area (Å²) in [6.45, 7) is 0. The van der Waals surface area contributed by atoms with Gasteiger partial charge in [-0.15, -0.1) is 0 Å². The van der Waals surface area contributed by atoms with Gasteiger partial charge in [0.2, 0.25) is 11.5 Å². The molecule has 0 radical (unpaired) electrons. The smallest absolute Gasteiger partial charge is 0.318 e. The lowest BCUT2D eigenvalue weighted by Gasteiger charge is -2.06. The zero-order valence-corrected chi connectivity index (χ0v) is 11.1. The van der Waals surface area contributed by atoms with Crippen LogP contribution in [0.2, 0.25) is 0 Å². The first-order valence-electron chi connectivity index (χ1n) is 5.71. The van der Waals surface area contributed by atoms with Crippen LogP contribution >= 0.6 is 0 Å². The van der Waals surface area contributed by atoms with Crippen LogP contribution in [-0.4, -0.2) is 29.9 Å². The molecule has 0 aliphatic rings. The number of nitro benzene ring substituents is 4. The Labute approximate surface area is 128 Å². The van der Waals surface area contributed by atoms with Crippen LogP contribution in [0.3, 0.4) is 0 Å². The number of nitro groups is 4. The Morgan fingerprint density at radius 2 is 0.833 bits per heavy atom. The topological polar surface area (TPSA) is 213 Å². The van der Waals surface area contributed by atoms with Crippen LogP contribution in [0, 0.1) is 40.5 Å². The summed E-state index contributed by atoms with van der Waals surface area (Å²) in [5.41, 5.74) is -4.88. The highest BCUT2D eigenvalue weighted by atomic mass is 16.6. The monoisotopic (exact) mass is 340 g/mol. The van der Waals surface area contributed by atoms with E-state index in [2.05, 4.69) is 0 Å². The van der Waals surface area contributed by atoms with Crippen LogP contribution in [0.15, 0.2) is 12.1 Å². The molecule has 0 spiro atoms. The molecule has 0 heterocycles. The van der Waals surface area contributed by atoms with E-state index in [4.69, 9.17) is 0 Å². The number of rotatable bonds is 4. The molecule has 0 bridgehead atoms. The third kappa shape index (κ3) is 2.23. The molecule has 14 heteroatoms. The largest absolute Gasteiger partial charge is 0.501 e. The molecule has 0 aliphatic carbocycles. The van der Waals surface area contributed by atoms with Gasteiger partial charge >= 0.3 is 11.4 Å². The summed E-state index contributed by atoms with van der Waals surface area (Å²) in [5.74, 6) is -2.67. The summed E-state index contributed by atoms with van der Waals surface area (Å²) in [4.78, 5) is 38.9. The maximum atomic E-state index is 11.1. The minimum Gasteiger partial charge on any atom is -0.501 e. The fraction of sp³-hybridized carbons (Fsp3) is 0. The summed E-state index contributed by atoms with van der Waals surface area (Å²) < 4.78 is 0. The Morgan fingerprint density at radius 1 is 0.583 bits per heavy atom. The van der Waals surface area contributed by atoms with Crippen molar-refractivity contribution in [3.8, 4) is 11.5 Å². The van der Waals surface area contributed by atoms with Crippen molar-refractivity contribution >= 4 is 33.5 Å². The van der Waals surface area contributed by atoms with Crippen molar-refractivity contribution in [2.24, 2.45) is 0 Å². The maximum Gasteiger partial charge on any atom is 0.318 e. The van der Waals surface area contributed by atoms with Gasteiger partial charge in [-0.1, -0.05) is 0 Å².